The van der Waals surface area contributed by atoms with Crippen molar-refractivity contribution in [2.45, 2.75) is 23.8 Å². The summed E-state index contributed by atoms with van der Waals surface area (Å²) in [5.74, 6) is 0.219. The fraction of sp³-hybridized carbons (Fsp3) is 0.500. The Morgan fingerprint density at radius 1 is 1.53 bits per heavy atom. The number of nitrogens with zero attached hydrogens (tertiary/aromatic N) is 1. The number of methoxy groups -OCH3 is 1. The van der Waals surface area contributed by atoms with Crippen LogP contribution in [0.3, 0.4) is 0 Å². The van der Waals surface area contributed by atoms with Crippen LogP contribution in [0, 0.1) is 0 Å². The van der Waals surface area contributed by atoms with E-state index in [4.69, 9.17) is 16.3 Å². The van der Waals surface area contributed by atoms with Crippen molar-refractivity contribution in [1.82, 2.24) is 4.31 Å². The third-order valence-corrected chi connectivity index (χ3v) is 5.47. The van der Waals surface area contributed by atoms with Crippen LogP contribution in [0.15, 0.2) is 23.1 Å². The minimum Gasteiger partial charge on any atom is -0.495 e. The third-order valence-electron chi connectivity index (χ3n) is 3.25. The van der Waals surface area contributed by atoms with Crippen molar-refractivity contribution in [2.24, 2.45) is 0 Å². The molecule has 0 unspecified atom stereocenters. The number of rotatable bonds is 4. The van der Waals surface area contributed by atoms with Crippen LogP contribution in [0.2, 0.25) is 5.02 Å². The molecule has 0 aromatic heterocycles. The van der Waals surface area contributed by atoms with Crippen molar-refractivity contribution in [1.29, 1.82) is 0 Å². The van der Waals surface area contributed by atoms with Gasteiger partial charge < -0.3 is 9.84 Å². The maximum absolute atomic E-state index is 12.6. The van der Waals surface area contributed by atoms with Gasteiger partial charge in [-0.1, -0.05) is 11.6 Å². The van der Waals surface area contributed by atoms with Crippen LogP contribution in [0.1, 0.15) is 12.8 Å². The molecule has 1 aromatic carbocycles. The quantitative estimate of drug-likeness (QED) is 0.915. The summed E-state index contributed by atoms with van der Waals surface area (Å²) in [6.45, 7) is 0.245. The second kappa shape index (κ2) is 5.66. The summed E-state index contributed by atoms with van der Waals surface area (Å²) in [6, 6.07) is 4.06. The van der Waals surface area contributed by atoms with Crippen LogP contribution >= 0.6 is 11.6 Å². The van der Waals surface area contributed by atoms with E-state index in [-0.39, 0.29) is 23.3 Å². The first-order valence-corrected chi connectivity index (χ1v) is 7.78. The van der Waals surface area contributed by atoms with Crippen molar-refractivity contribution < 1.29 is 18.3 Å². The zero-order valence-corrected chi connectivity index (χ0v) is 12.1. The minimum atomic E-state index is -3.67. The van der Waals surface area contributed by atoms with Gasteiger partial charge in [-0.25, -0.2) is 8.42 Å². The van der Waals surface area contributed by atoms with Gasteiger partial charge in [0.15, 0.2) is 0 Å². The summed E-state index contributed by atoms with van der Waals surface area (Å²) < 4.78 is 31.6. The topological polar surface area (TPSA) is 66.8 Å². The van der Waals surface area contributed by atoms with Gasteiger partial charge in [0, 0.05) is 23.7 Å². The van der Waals surface area contributed by atoms with E-state index < -0.39 is 10.0 Å². The average Bonchev–Trinajstić information content (AvgIpc) is 2.87. The van der Waals surface area contributed by atoms with Crippen molar-refractivity contribution >= 4 is 21.6 Å². The summed E-state index contributed by atoms with van der Waals surface area (Å²) in [7, 11) is -2.27. The first-order valence-electron chi connectivity index (χ1n) is 5.97. The highest BCUT2D eigenvalue weighted by atomic mass is 35.5. The van der Waals surface area contributed by atoms with E-state index in [0.29, 0.717) is 18.0 Å². The molecule has 0 amide bonds. The second-order valence-corrected chi connectivity index (χ2v) is 6.68. The molecule has 1 fully saturated rings. The number of aliphatic hydroxyl groups is 1. The fourth-order valence-corrected chi connectivity index (χ4v) is 4.27. The molecule has 2 rings (SSSR count). The zero-order valence-electron chi connectivity index (χ0n) is 10.5. The highest BCUT2D eigenvalue weighted by Gasteiger charge is 2.36. The van der Waals surface area contributed by atoms with Gasteiger partial charge in [-0.15, -0.1) is 0 Å². The van der Waals surface area contributed by atoms with Crippen LogP contribution in [0.25, 0.3) is 0 Å². The largest absolute Gasteiger partial charge is 0.495 e. The van der Waals surface area contributed by atoms with Crippen LogP contribution < -0.4 is 4.74 Å². The number of benzene rings is 1. The zero-order chi connectivity index (χ0) is 14.0. The molecule has 1 aliphatic rings. The number of sulfonamides is 1. The van der Waals surface area contributed by atoms with Gasteiger partial charge >= 0.3 is 0 Å². The summed E-state index contributed by atoms with van der Waals surface area (Å²) in [5.41, 5.74) is 0. The molecular weight excluding hydrogens is 290 g/mol. The van der Waals surface area contributed by atoms with Crippen molar-refractivity contribution in [2.75, 3.05) is 20.3 Å². The van der Waals surface area contributed by atoms with E-state index >= 15 is 0 Å². The normalized spacial score (nSPS) is 20.7. The van der Waals surface area contributed by atoms with Gasteiger partial charge in [-0.05, 0) is 25.0 Å². The Morgan fingerprint density at radius 2 is 2.26 bits per heavy atom. The molecule has 1 N–H and O–H groups in total. The van der Waals surface area contributed by atoms with Gasteiger partial charge in [0.05, 0.1) is 13.7 Å². The molecule has 1 heterocycles. The molecule has 19 heavy (non-hydrogen) atoms. The second-order valence-electron chi connectivity index (χ2n) is 4.39. The van der Waals surface area contributed by atoms with Gasteiger partial charge in [0.25, 0.3) is 0 Å². The lowest BCUT2D eigenvalue weighted by Crippen LogP contribution is -2.37. The maximum atomic E-state index is 12.6. The van der Waals surface area contributed by atoms with E-state index in [1.165, 1.54) is 29.6 Å². The summed E-state index contributed by atoms with van der Waals surface area (Å²) in [5, 5.41) is 9.67. The third kappa shape index (κ3) is 2.72. The highest BCUT2D eigenvalue weighted by Crippen LogP contribution is 2.32. The molecule has 0 aliphatic carbocycles. The number of hydrogen-bond donors (Lipinski definition) is 1. The molecule has 7 heteroatoms. The van der Waals surface area contributed by atoms with Gasteiger partial charge in [-0.2, -0.15) is 4.31 Å². The first-order chi connectivity index (χ1) is 9.00. The van der Waals surface area contributed by atoms with Gasteiger partial charge in [-0.3, -0.25) is 0 Å². The predicted molar refractivity (Wildman–Crippen MR) is 72.0 cm³/mol. The molecule has 1 saturated heterocycles. The van der Waals surface area contributed by atoms with E-state index in [1.54, 1.807) is 0 Å². The maximum Gasteiger partial charge on any atom is 0.247 e. The van der Waals surface area contributed by atoms with Crippen molar-refractivity contribution in [3.05, 3.63) is 23.2 Å². The number of aliphatic hydroxyl groups excluding tert-OH is 1. The van der Waals surface area contributed by atoms with E-state index in [9.17, 15) is 13.5 Å². The molecule has 1 atom stereocenters. The Bertz CT molecular complexity index is 561. The number of hydrogen-bond acceptors (Lipinski definition) is 4. The van der Waals surface area contributed by atoms with Gasteiger partial charge in [0.2, 0.25) is 10.0 Å². The molecule has 0 radical (unpaired) electrons. The Hall–Kier alpha value is -0.820. The van der Waals surface area contributed by atoms with E-state index in [0.717, 1.165) is 6.42 Å². The minimum absolute atomic E-state index is 0.0831. The first kappa shape index (κ1) is 14.6. The van der Waals surface area contributed by atoms with Crippen LogP contribution in [0.4, 0.5) is 0 Å². The monoisotopic (exact) mass is 305 g/mol. The van der Waals surface area contributed by atoms with E-state index in [1.807, 2.05) is 0 Å². The lowest BCUT2D eigenvalue weighted by Gasteiger charge is -2.23. The summed E-state index contributed by atoms with van der Waals surface area (Å²) in [6.07, 6.45) is 1.42. The Labute approximate surface area is 117 Å². The van der Waals surface area contributed by atoms with Gasteiger partial charge in [0.1, 0.15) is 10.6 Å². The molecule has 0 spiro atoms. The predicted octanol–water partition coefficient (Wildman–Crippen LogP) is 1.49. The standard InChI is InChI=1S/C12H16ClNO4S/c1-18-11-7-9(13)4-5-12(11)19(16,17)14-6-2-3-10(14)8-15/h4-5,7,10,15H,2-3,6,8H2,1H3/t10-/m1/s1. The van der Waals surface area contributed by atoms with Crippen molar-refractivity contribution in [3.8, 4) is 5.75 Å². The number of ether oxygens (including phenoxy) is 1. The Kier molecular flexibility index (Phi) is 4.35. The van der Waals surface area contributed by atoms with Crippen LogP contribution in [-0.2, 0) is 10.0 Å². The van der Waals surface area contributed by atoms with Crippen LogP contribution in [-0.4, -0.2) is 44.1 Å². The molecule has 0 saturated carbocycles. The SMILES string of the molecule is COc1cc(Cl)ccc1S(=O)(=O)N1CCC[C@@H]1CO. The Morgan fingerprint density at radius 3 is 2.89 bits per heavy atom. The van der Waals surface area contributed by atoms with Crippen LogP contribution in [0.5, 0.6) is 5.75 Å². The summed E-state index contributed by atoms with van der Waals surface area (Å²) in [4.78, 5) is 0.0831. The molecular formula is C12H16ClNO4S. The molecule has 5 nitrogen and oxygen atoms in total. The molecule has 1 aromatic rings. The lowest BCUT2D eigenvalue weighted by atomic mass is 10.2. The lowest BCUT2D eigenvalue weighted by molar-refractivity contribution is 0.213. The molecule has 1 aliphatic heterocycles. The summed E-state index contributed by atoms with van der Waals surface area (Å²) >= 11 is 5.83. The highest BCUT2D eigenvalue weighted by molar-refractivity contribution is 7.89. The molecule has 106 valence electrons. The smallest absolute Gasteiger partial charge is 0.247 e. The van der Waals surface area contributed by atoms with E-state index in [2.05, 4.69) is 0 Å². The Balaban J connectivity index is 2.45. The van der Waals surface area contributed by atoms with Crippen molar-refractivity contribution in [3.63, 3.8) is 0 Å². The molecule has 0 bridgehead atoms. The fourth-order valence-electron chi connectivity index (χ4n) is 2.29. The average molecular weight is 306 g/mol. The number of halogens is 1.